The molecule has 0 heterocycles. The van der Waals surface area contributed by atoms with Crippen LogP contribution in [0.25, 0.3) is 6.08 Å². The van der Waals surface area contributed by atoms with Crippen LogP contribution in [0.4, 0.5) is 10.5 Å². The van der Waals surface area contributed by atoms with Gasteiger partial charge in [0.25, 0.3) is 11.6 Å². The van der Waals surface area contributed by atoms with Crippen molar-refractivity contribution in [1.82, 2.24) is 10.6 Å². The van der Waals surface area contributed by atoms with Crippen LogP contribution in [0.3, 0.4) is 0 Å². The predicted octanol–water partition coefficient (Wildman–Crippen LogP) is 2.04. The van der Waals surface area contributed by atoms with Gasteiger partial charge in [0.05, 0.1) is 4.92 Å². The van der Waals surface area contributed by atoms with Crippen LogP contribution in [0.5, 0.6) is 0 Å². The molecule has 10 heteroatoms. The number of nitrogens with one attached hydrogen (secondary N) is 2. The number of benzene rings is 1. The molecule has 0 aromatic heterocycles. The fraction of sp³-hybridized carbons (Fsp3) is 0.267. The molecule has 0 aliphatic heterocycles. The molecule has 0 bridgehead atoms. The molecule has 0 aliphatic rings. The standard InChI is InChI=1S/C15H16ClN3O6/c1-2-7-17-15(22)18-13(20)9-25-14(21)6-4-10-3-5-11(16)12(8-10)19(23)24/h3-6,8H,2,7,9H2,1H3,(H2,17,18,20,22)/b6-4+. The van der Waals surface area contributed by atoms with Crippen LogP contribution >= 0.6 is 11.6 Å². The maximum absolute atomic E-state index is 11.5. The van der Waals surface area contributed by atoms with Gasteiger partial charge in [-0.3, -0.25) is 20.2 Å². The molecule has 1 rings (SSSR count). The Morgan fingerprint density at radius 2 is 2.08 bits per heavy atom. The van der Waals surface area contributed by atoms with Crippen LogP contribution in [-0.4, -0.2) is 36.0 Å². The number of carbonyl (C=O) groups excluding carboxylic acids is 3. The van der Waals surface area contributed by atoms with Gasteiger partial charge in [0, 0.05) is 18.7 Å². The van der Waals surface area contributed by atoms with Crippen LogP contribution in [0.1, 0.15) is 18.9 Å². The Hall–Kier alpha value is -2.94. The van der Waals surface area contributed by atoms with E-state index in [1.54, 1.807) is 0 Å². The van der Waals surface area contributed by atoms with Crippen molar-refractivity contribution in [2.45, 2.75) is 13.3 Å². The fourth-order valence-electron chi connectivity index (χ4n) is 1.57. The number of nitro groups is 1. The number of amides is 3. The molecule has 0 aliphatic carbocycles. The van der Waals surface area contributed by atoms with Crippen LogP contribution in [0, 0.1) is 10.1 Å². The van der Waals surface area contributed by atoms with Gasteiger partial charge in [-0.15, -0.1) is 0 Å². The van der Waals surface area contributed by atoms with E-state index in [-0.39, 0.29) is 10.7 Å². The second-order valence-electron chi connectivity index (χ2n) is 4.71. The van der Waals surface area contributed by atoms with E-state index in [4.69, 9.17) is 11.6 Å². The molecule has 1 aromatic carbocycles. The third kappa shape index (κ3) is 7.44. The Labute approximate surface area is 148 Å². The van der Waals surface area contributed by atoms with E-state index >= 15 is 0 Å². The first kappa shape index (κ1) is 20.1. The Bertz CT molecular complexity index is 705. The lowest BCUT2D eigenvalue weighted by Gasteiger charge is -2.05. The SMILES string of the molecule is CCCNC(=O)NC(=O)COC(=O)/C=C/c1ccc(Cl)c([N+](=O)[O-])c1. The summed E-state index contributed by atoms with van der Waals surface area (Å²) in [7, 11) is 0. The molecular weight excluding hydrogens is 354 g/mol. The van der Waals surface area contributed by atoms with Crippen molar-refractivity contribution in [3.8, 4) is 0 Å². The minimum Gasteiger partial charge on any atom is -0.452 e. The van der Waals surface area contributed by atoms with E-state index in [2.05, 4.69) is 10.1 Å². The first-order valence-electron chi connectivity index (χ1n) is 7.20. The molecule has 0 unspecified atom stereocenters. The minimum absolute atomic E-state index is 0.0252. The summed E-state index contributed by atoms with van der Waals surface area (Å²) in [6.45, 7) is 1.63. The van der Waals surface area contributed by atoms with Crippen LogP contribution < -0.4 is 10.6 Å². The van der Waals surface area contributed by atoms with E-state index in [1.165, 1.54) is 24.3 Å². The van der Waals surface area contributed by atoms with Gasteiger partial charge in [-0.2, -0.15) is 0 Å². The number of ether oxygens (including phenoxy) is 1. The first-order valence-corrected chi connectivity index (χ1v) is 7.57. The van der Waals surface area contributed by atoms with E-state index in [0.29, 0.717) is 18.5 Å². The smallest absolute Gasteiger partial charge is 0.331 e. The molecule has 0 saturated carbocycles. The fourth-order valence-corrected chi connectivity index (χ4v) is 1.75. The molecule has 9 nitrogen and oxygen atoms in total. The highest BCUT2D eigenvalue weighted by molar-refractivity contribution is 6.32. The summed E-state index contributed by atoms with van der Waals surface area (Å²) in [5.41, 5.74) is 0.0612. The maximum Gasteiger partial charge on any atom is 0.331 e. The van der Waals surface area contributed by atoms with Crippen molar-refractivity contribution in [2.24, 2.45) is 0 Å². The lowest BCUT2D eigenvalue weighted by molar-refractivity contribution is -0.384. The molecule has 1 aromatic rings. The van der Waals surface area contributed by atoms with Crippen molar-refractivity contribution in [3.05, 3.63) is 45.0 Å². The lowest BCUT2D eigenvalue weighted by atomic mass is 10.2. The Morgan fingerprint density at radius 3 is 2.72 bits per heavy atom. The Balaban J connectivity index is 2.50. The molecule has 0 radical (unpaired) electrons. The summed E-state index contributed by atoms with van der Waals surface area (Å²) in [5, 5.41) is 15.2. The number of esters is 1. The Kier molecular flexibility index (Phi) is 8.07. The van der Waals surface area contributed by atoms with Crippen LogP contribution in [0.2, 0.25) is 5.02 Å². The molecule has 0 fully saturated rings. The summed E-state index contributed by atoms with van der Waals surface area (Å²) < 4.78 is 4.65. The average molecular weight is 370 g/mol. The van der Waals surface area contributed by atoms with Gasteiger partial charge in [-0.25, -0.2) is 9.59 Å². The summed E-state index contributed by atoms with van der Waals surface area (Å²) in [4.78, 5) is 44.2. The highest BCUT2D eigenvalue weighted by Crippen LogP contribution is 2.25. The molecule has 0 atom stereocenters. The summed E-state index contributed by atoms with van der Waals surface area (Å²) >= 11 is 5.68. The first-order chi connectivity index (χ1) is 11.8. The zero-order chi connectivity index (χ0) is 18.8. The van der Waals surface area contributed by atoms with Crippen molar-refractivity contribution < 1.29 is 24.0 Å². The number of imide groups is 1. The van der Waals surface area contributed by atoms with Gasteiger partial charge in [0.2, 0.25) is 0 Å². The number of halogens is 1. The highest BCUT2D eigenvalue weighted by atomic mass is 35.5. The molecule has 3 amide bonds. The maximum atomic E-state index is 11.5. The number of hydrogen-bond acceptors (Lipinski definition) is 6. The Morgan fingerprint density at radius 1 is 1.36 bits per heavy atom. The molecule has 0 saturated heterocycles. The average Bonchev–Trinajstić information content (AvgIpc) is 2.57. The van der Waals surface area contributed by atoms with E-state index in [1.807, 2.05) is 12.2 Å². The van der Waals surface area contributed by atoms with Gasteiger partial charge in [0.1, 0.15) is 5.02 Å². The van der Waals surface area contributed by atoms with E-state index < -0.39 is 29.4 Å². The predicted molar refractivity (Wildman–Crippen MR) is 89.9 cm³/mol. The number of rotatable bonds is 7. The number of nitrogens with zero attached hydrogens (tertiary/aromatic N) is 1. The second kappa shape index (κ2) is 10.0. The summed E-state index contributed by atoms with van der Waals surface area (Å²) in [6, 6.07) is 3.32. The summed E-state index contributed by atoms with van der Waals surface area (Å²) in [6.07, 6.45) is 2.99. The molecule has 0 spiro atoms. The zero-order valence-corrected chi connectivity index (χ0v) is 14.0. The van der Waals surface area contributed by atoms with E-state index in [0.717, 1.165) is 6.08 Å². The minimum atomic E-state index is -0.846. The molecule has 2 N–H and O–H groups in total. The molecular formula is C15H16ClN3O6. The van der Waals surface area contributed by atoms with Crippen LogP contribution in [0.15, 0.2) is 24.3 Å². The molecule has 134 valence electrons. The molecule has 25 heavy (non-hydrogen) atoms. The topological polar surface area (TPSA) is 128 Å². The number of carbonyl (C=O) groups is 3. The summed E-state index contributed by atoms with van der Waals surface area (Å²) in [5.74, 6) is -1.63. The third-order valence-electron chi connectivity index (χ3n) is 2.71. The van der Waals surface area contributed by atoms with Gasteiger partial charge < -0.3 is 10.1 Å². The van der Waals surface area contributed by atoms with Gasteiger partial charge in [-0.05, 0) is 24.1 Å². The lowest BCUT2D eigenvalue weighted by Crippen LogP contribution is -2.41. The van der Waals surface area contributed by atoms with Crippen molar-refractivity contribution in [3.63, 3.8) is 0 Å². The third-order valence-corrected chi connectivity index (χ3v) is 3.03. The van der Waals surface area contributed by atoms with Crippen LogP contribution in [-0.2, 0) is 14.3 Å². The monoisotopic (exact) mass is 369 g/mol. The second-order valence-corrected chi connectivity index (χ2v) is 5.12. The number of hydrogen-bond donors (Lipinski definition) is 2. The normalized spacial score (nSPS) is 10.3. The zero-order valence-electron chi connectivity index (χ0n) is 13.3. The van der Waals surface area contributed by atoms with Gasteiger partial charge in [-0.1, -0.05) is 24.6 Å². The highest BCUT2D eigenvalue weighted by Gasteiger charge is 2.12. The number of urea groups is 1. The van der Waals surface area contributed by atoms with Crippen molar-refractivity contribution >= 4 is 41.3 Å². The number of nitro benzene ring substituents is 1. The quantitative estimate of drug-likeness (QED) is 0.327. The van der Waals surface area contributed by atoms with E-state index in [9.17, 15) is 24.5 Å². The van der Waals surface area contributed by atoms with Gasteiger partial charge in [0.15, 0.2) is 6.61 Å². The largest absolute Gasteiger partial charge is 0.452 e. The van der Waals surface area contributed by atoms with Gasteiger partial charge >= 0.3 is 12.0 Å². The van der Waals surface area contributed by atoms with Crippen molar-refractivity contribution in [2.75, 3.05) is 13.2 Å². The van der Waals surface area contributed by atoms with Crippen molar-refractivity contribution in [1.29, 1.82) is 0 Å².